The zero-order chi connectivity index (χ0) is 10.1. The first-order valence-corrected chi connectivity index (χ1v) is 4.77. The third kappa shape index (κ3) is 1.45. The van der Waals surface area contributed by atoms with Crippen LogP contribution in [0.1, 0.15) is 31.2 Å². The Bertz CT molecular complexity index is 463. The topological polar surface area (TPSA) is 38.7 Å². The number of pyridine rings is 1. The second-order valence-electron chi connectivity index (χ2n) is 3.70. The van der Waals surface area contributed by atoms with Gasteiger partial charge in [0.05, 0.1) is 11.4 Å². The maximum atomic E-state index is 4.55. The summed E-state index contributed by atoms with van der Waals surface area (Å²) >= 11 is 0. The molecule has 0 spiro atoms. The molecule has 0 bridgehead atoms. The van der Waals surface area contributed by atoms with Gasteiger partial charge in [0.1, 0.15) is 5.52 Å². The molecule has 0 fully saturated rings. The maximum absolute atomic E-state index is 4.55. The third-order valence-electron chi connectivity index (χ3n) is 2.20. The minimum atomic E-state index is 0.409. The lowest BCUT2D eigenvalue weighted by atomic mass is 10.1. The highest BCUT2D eigenvalue weighted by Crippen LogP contribution is 2.17. The molecule has 0 radical (unpaired) electrons. The predicted octanol–water partition coefficient (Wildman–Crippen LogP) is 2.46. The van der Waals surface area contributed by atoms with Crippen molar-refractivity contribution in [3.05, 3.63) is 29.7 Å². The second-order valence-corrected chi connectivity index (χ2v) is 3.70. The quantitative estimate of drug-likeness (QED) is 0.688. The monoisotopic (exact) mass is 187 g/mol. The van der Waals surface area contributed by atoms with Crippen molar-refractivity contribution in [3.8, 4) is 0 Å². The molecule has 0 amide bonds. The first-order valence-electron chi connectivity index (χ1n) is 4.77. The molecule has 0 aliphatic carbocycles. The molecule has 0 saturated carbocycles. The molecule has 2 heterocycles. The molecule has 0 N–H and O–H groups in total. The molecule has 2 rings (SSSR count). The molecular formula is C11H13N3. The third-order valence-corrected chi connectivity index (χ3v) is 2.20. The van der Waals surface area contributed by atoms with Crippen LogP contribution < -0.4 is 0 Å². The van der Waals surface area contributed by atoms with Gasteiger partial charge < -0.3 is 0 Å². The number of hydrogen-bond donors (Lipinski definition) is 0. The Morgan fingerprint density at radius 2 is 2.00 bits per heavy atom. The lowest BCUT2D eigenvalue weighted by molar-refractivity contribution is 0.805. The Balaban J connectivity index is 2.71. The SMILES string of the molecule is Cc1nc2ncccc2nc1C(C)C. The average molecular weight is 187 g/mol. The van der Waals surface area contributed by atoms with Crippen LogP contribution in [0.25, 0.3) is 11.2 Å². The zero-order valence-corrected chi connectivity index (χ0v) is 8.65. The Morgan fingerprint density at radius 1 is 1.21 bits per heavy atom. The van der Waals surface area contributed by atoms with Crippen LogP contribution in [0.5, 0.6) is 0 Å². The molecule has 0 atom stereocenters. The van der Waals surface area contributed by atoms with Gasteiger partial charge in [0.25, 0.3) is 0 Å². The van der Waals surface area contributed by atoms with Crippen molar-refractivity contribution < 1.29 is 0 Å². The van der Waals surface area contributed by atoms with E-state index in [4.69, 9.17) is 0 Å². The smallest absolute Gasteiger partial charge is 0.178 e. The molecule has 14 heavy (non-hydrogen) atoms. The highest BCUT2D eigenvalue weighted by Gasteiger charge is 2.08. The lowest BCUT2D eigenvalue weighted by Crippen LogP contribution is -2.01. The summed E-state index contributed by atoms with van der Waals surface area (Å²) in [5.74, 6) is 0.409. The van der Waals surface area contributed by atoms with Gasteiger partial charge in [-0.15, -0.1) is 0 Å². The molecule has 3 nitrogen and oxygen atoms in total. The Labute approximate surface area is 83.2 Å². The van der Waals surface area contributed by atoms with Gasteiger partial charge in [-0.2, -0.15) is 0 Å². The van der Waals surface area contributed by atoms with Gasteiger partial charge in [0.2, 0.25) is 0 Å². The highest BCUT2D eigenvalue weighted by molar-refractivity contribution is 5.69. The minimum Gasteiger partial charge on any atom is -0.247 e. The molecule has 2 aromatic heterocycles. The maximum Gasteiger partial charge on any atom is 0.178 e. The number of hydrogen-bond acceptors (Lipinski definition) is 3. The van der Waals surface area contributed by atoms with Crippen LogP contribution in [-0.4, -0.2) is 15.0 Å². The van der Waals surface area contributed by atoms with Crippen molar-refractivity contribution in [1.29, 1.82) is 0 Å². The van der Waals surface area contributed by atoms with Crippen LogP contribution >= 0.6 is 0 Å². The summed E-state index contributed by atoms with van der Waals surface area (Å²) < 4.78 is 0. The summed E-state index contributed by atoms with van der Waals surface area (Å²) in [7, 11) is 0. The Kier molecular flexibility index (Phi) is 2.15. The van der Waals surface area contributed by atoms with Crippen LogP contribution in [0.4, 0.5) is 0 Å². The molecule has 0 unspecified atom stereocenters. The first kappa shape index (κ1) is 9.06. The van der Waals surface area contributed by atoms with E-state index >= 15 is 0 Å². The van der Waals surface area contributed by atoms with Crippen molar-refractivity contribution in [3.63, 3.8) is 0 Å². The van der Waals surface area contributed by atoms with Crippen molar-refractivity contribution in [1.82, 2.24) is 15.0 Å². The van der Waals surface area contributed by atoms with E-state index in [-0.39, 0.29) is 0 Å². The molecule has 0 aliphatic rings. The van der Waals surface area contributed by atoms with Gasteiger partial charge in [-0.3, -0.25) is 0 Å². The molecule has 72 valence electrons. The van der Waals surface area contributed by atoms with Gasteiger partial charge in [0.15, 0.2) is 5.65 Å². The molecule has 0 aliphatic heterocycles. The van der Waals surface area contributed by atoms with E-state index < -0.39 is 0 Å². The van der Waals surface area contributed by atoms with E-state index in [1.165, 1.54) is 0 Å². The van der Waals surface area contributed by atoms with E-state index in [0.29, 0.717) is 5.92 Å². The van der Waals surface area contributed by atoms with Crippen molar-refractivity contribution in [2.24, 2.45) is 0 Å². The largest absolute Gasteiger partial charge is 0.247 e. The minimum absolute atomic E-state index is 0.409. The van der Waals surface area contributed by atoms with E-state index in [1.807, 2.05) is 19.1 Å². The predicted molar refractivity (Wildman–Crippen MR) is 56.2 cm³/mol. The molecule has 2 aromatic rings. The standard InChI is InChI=1S/C11H13N3/c1-7(2)10-8(3)13-11-9(14-10)5-4-6-12-11/h4-7H,1-3H3. The van der Waals surface area contributed by atoms with Crippen LogP contribution in [0.2, 0.25) is 0 Å². The van der Waals surface area contributed by atoms with Crippen molar-refractivity contribution in [2.45, 2.75) is 26.7 Å². The van der Waals surface area contributed by atoms with Gasteiger partial charge >= 0.3 is 0 Å². The fourth-order valence-corrected chi connectivity index (χ4v) is 1.54. The van der Waals surface area contributed by atoms with Crippen LogP contribution in [-0.2, 0) is 0 Å². The summed E-state index contributed by atoms with van der Waals surface area (Å²) in [6, 6.07) is 3.83. The number of rotatable bonds is 1. The fraction of sp³-hybridized carbons (Fsp3) is 0.364. The van der Waals surface area contributed by atoms with E-state index in [1.54, 1.807) is 6.20 Å². The van der Waals surface area contributed by atoms with Crippen molar-refractivity contribution in [2.75, 3.05) is 0 Å². The fourth-order valence-electron chi connectivity index (χ4n) is 1.54. The highest BCUT2D eigenvalue weighted by atomic mass is 14.9. The Morgan fingerprint density at radius 3 is 2.71 bits per heavy atom. The Hall–Kier alpha value is -1.51. The number of aromatic nitrogens is 3. The summed E-state index contributed by atoms with van der Waals surface area (Å²) in [5.41, 5.74) is 3.65. The molecule has 0 aromatic carbocycles. The summed E-state index contributed by atoms with van der Waals surface area (Å²) in [6.07, 6.45) is 1.74. The summed E-state index contributed by atoms with van der Waals surface area (Å²) in [4.78, 5) is 13.1. The van der Waals surface area contributed by atoms with Crippen molar-refractivity contribution >= 4 is 11.2 Å². The van der Waals surface area contributed by atoms with E-state index in [9.17, 15) is 0 Å². The average Bonchev–Trinajstić information content (AvgIpc) is 2.16. The molecular weight excluding hydrogens is 174 g/mol. The summed E-state index contributed by atoms with van der Waals surface area (Å²) in [5, 5.41) is 0. The normalized spacial score (nSPS) is 11.1. The van der Waals surface area contributed by atoms with Crippen LogP contribution in [0.3, 0.4) is 0 Å². The number of fused-ring (bicyclic) bond motifs is 1. The van der Waals surface area contributed by atoms with Gasteiger partial charge in [-0.1, -0.05) is 13.8 Å². The number of aryl methyl sites for hydroxylation is 1. The molecule has 3 heteroatoms. The van der Waals surface area contributed by atoms with Gasteiger partial charge in [0, 0.05) is 6.20 Å². The zero-order valence-electron chi connectivity index (χ0n) is 8.65. The van der Waals surface area contributed by atoms with Crippen LogP contribution in [0, 0.1) is 6.92 Å². The molecule has 0 saturated heterocycles. The lowest BCUT2D eigenvalue weighted by Gasteiger charge is -2.08. The second kappa shape index (κ2) is 3.33. The first-order chi connectivity index (χ1) is 6.68. The van der Waals surface area contributed by atoms with E-state index in [2.05, 4.69) is 28.8 Å². The van der Waals surface area contributed by atoms with E-state index in [0.717, 1.165) is 22.6 Å². The van der Waals surface area contributed by atoms with Gasteiger partial charge in [-0.05, 0) is 25.0 Å². The summed E-state index contributed by atoms with van der Waals surface area (Å²) in [6.45, 7) is 6.23. The van der Waals surface area contributed by atoms with Crippen LogP contribution in [0.15, 0.2) is 18.3 Å². The van der Waals surface area contributed by atoms with Gasteiger partial charge in [-0.25, -0.2) is 15.0 Å². The number of nitrogens with zero attached hydrogens (tertiary/aromatic N) is 3.